The Balaban J connectivity index is 1.23. The van der Waals surface area contributed by atoms with Crippen LogP contribution >= 0.6 is 11.3 Å². The maximum absolute atomic E-state index is 12.1. The fourth-order valence-corrected chi connectivity index (χ4v) is 4.34. The van der Waals surface area contributed by atoms with Crippen molar-refractivity contribution in [2.45, 2.75) is 25.7 Å². The van der Waals surface area contributed by atoms with E-state index in [1.54, 1.807) is 23.9 Å². The number of anilines is 1. The lowest BCUT2D eigenvalue weighted by Gasteiger charge is -2.33. The Morgan fingerprint density at radius 2 is 2.15 bits per heavy atom. The van der Waals surface area contributed by atoms with E-state index in [4.69, 9.17) is 0 Å². The van der Waals surface area contributed by atoms with Crippen LogP contribution in [-0.4, -0.2) is 45.3 Å². The number of piperidine rings is 1. The van der Waals surface area contributed by atoms with Crippen molar-refractivity contribution in [3.05, 3.63) is 35.7 Å². The predicted octanol–water partition coefficient (Wildman–Crippen LogP) is 2.39. The first-order chi connectivity index (χ1) is 13.2. The van der Waals surface area contributed by atoms with E-state index in [1.165, 1.54) is 0 Å². The molecule has 0 aromatic carbocycles. The van der Waals surface area contributed by atoms with Crippen LogP contribution in [0.2, 0.25) is 0 Å². The summed E-state index contributed by atoms with van der Waals surface area (Å²) in [7, 11) is 1.91. The fraction of sp³-hybridized carbons (Fsp3) is 0.474. The first kappa shape index (κ1) is 17.9. The van der Waals surface area contributed by atoms with E-state index >= 15 is 0 Å². The van der Waals surface area contributed by atoms with Gasteiger partial charge in [0.1, 0.15) is 17.0 Å². The van der Waals surface area contributed by atoms with E-state index in [-0.39, 0.29) is 5.91 Å². The number of thiophene rings is 1. The first-order valence-electron chi connectivity index (χ1n) is 9.37. The molecule has 0 bridgehead atoms. The van der Waals surface area contributed by atoms with Crippen LogP contribution < -0.4 is 10.2 Å². The molecule has 4 rings (SSSR count). The van der Waals surface area contributed by atoms with E-state index in [0.717, 1.165) is 60.6 Å². The van der Waals surface area contributed by atoms with Crippen molar-refractivity contribution in [1.82, 2.24) is 25.1 Å². The third kappa shape index (κ3) is 4.10. The zero-order chi connectivity index (χ0) is 18.6. The van der Waals surface area contributed by atoms with Gasteiger partial charge in [0.25, 0.3) is 0 Å². The van der Waals surface area contributed by atoms with Crippen molar-refractivity contribution in [1.29, 1.82) is 0 Å². The quantitative estimate of drug-likeness (QED) is 0.706. The number of hydrogen-bond acceptors (Lipinski definition) is 6. The van der Waals surface area contributed by atoms with E-state index in [9.17, 15) is 4.79 Å². The predicted molar refractivity (Wildman–Crippen MR) is 107 cm³/mol. The summed E-state index contributed by atoms with van der Waals surface area (Å²) < 4.78 is 1.82. The number of fused-ring (bicyclic) bond motifs is 1. The molecule has 8 heteroatoms. The van der Waals surface area contributed by atoms with Crippen LogP contribution in [0.15, 0.2) is 30.0 Å². The molecular weight excluding hydrogens is 360 g/mol. The monoisotopic (exact) mass is 384 g/mol. The van der Waals surface area contributed by atoms with Gasteiger partial charge in [-0.2, -0.15) is 5.10 Å². The Hall–Kier alpha value is -2.48. The minimum absolute atomic E-state index is 0.120. The van der Waals surface area contributed by atoms with E-state index in [1.807, 2.05) is 17.8 Å². The van der Waals surface area contributed by atoms with Crippen LogP contribution in [0.3, 0.4) is 0 Å². The molecule has 4 heterocycles. The third-order valence-electron chi connectivity index (χ3n) is 5.27. The van der Waals surface area contributed by atoms with Gasteiger partial charge in [0.15, 0.2) is 0 Å². The Labute approximate surface area is 162 Å². The molecule has 1 fully saturated rings. The normalized spacial score (nSPS) is 15.4. The number of aromatic nitrogens is 4. The summed E-state index contributed by atoms with van der Waals surface area (Å²) in [5.74, 6) is 1.69. The summed E-state index contributed by atoms with van der Waals surface area (Å²) in [5, 5.41) is 10.4. The van der Waals surface area contributed by atoms with Crippen molar-refractivity contribution < 1.29 is 4.79 Å². The van der Waals surface area contributed by atoms with Gasteiger partial charge in [0.2, 0.25) is 5.91 Å². The summed E-state index contributed by atoms with van der Waals surface area (Å²) in [6.45, 7) is 2.70. The highest BCUT2D eigenvalue weighted by Gasteiger charge is 2.22. The van der Waals surface area contributed by atoms with Gasteiger partial charge in [0, 0.05) is 45.0 Å². The number of rotatable bonds is 6. The highest BCUT2D eigenvalue weighted by atomic mass is 32.1. The lowest BCUT2D eigenvalue weighted by molar-refractivity contribution is -0.121. The molecule has 1 aliphatic heterocycles. The van der Waals surface area contributed by atoms with Crippen LogP contribution in [0.4, 0.5) is 5.82 Å². The van der Waals surface area contributed by atoms with Crippen molar-refractivity contribution in [2.75, 3.05) is 24.5 Å². The van der Waals surface area contributed by atoms with Crippen LogP contribution in [0.1, 0.15) is 25.0 Å². The molecule has 27 heavy (non-hydrogen) atoms. The molecule has 0 atom stereocenters. The number of hydrogen-bond donors (Lipinski definition) is 1. The van der Waals surface area contributed by atoms with Crippen molar-refractivity contribution >= 4 is 33.3 Å². The molecule has 0 spiro atoms. The molecule has 1 aliphatic rings. The summed E-state index contributed by atoms with van der Waals surface area (Å²) in [4.78, 5) is 24.3. The SMILES string of the molecule is Cn1nccc1CCC(=O)NCC1CCN(c2ncnc3sccc23)CC1. The smallest absolute Gasteiger partial charge is 0.220 e. The van der Waals surface area contributed by atoms with Gasteiger partial charge in [-0.05, 0) is 42.7 Å². The van der Waals surface area contributed by atoms with Gasteiger partial charge in [-0.15, -0.1) is 11.3 Å². The number of carbonyl (C=O) groups excluding carboxylic acids is 1. The van der Waals surface area contributed by atoms with E-state index in [2.05, 4.69) is 36.7 Å². The molecule has 3 aromatic heterocycles. The Morgan fingerprint density at radius 3 is 2.93 bits per heavy atom. The fourth-order valence-electron chi connectivity index (χ4n) is 3.61. The van der Waals surface area contributed by atoms with Crippen LogP contribution in [0.5, 0.6) is 0 Å². The minimum atomic E-state index is 0.120. The van der Waals surface area contributed by atoms with Crippen molar-refractivity contribution in [3.63, 3.8) is 0 Å². The number of nitrogens with one attached hydrogen (secondary N) is 1. The molecule has 1 amide bonds. The van der Waals surface area contributed by atoms with Crippen molar-refractivity contribution in [3.8, 4) is 0 Å². The maximum atomic E-state index is 12.1. The third-order valence-corrected chi connectivity index (χ3v) is 6.09. The Kier molecular flexibility index (Phi) is 5.33. The largest absolute Gasteiger partial charge is 0.356 e. The molecule has 1 N–H and O–H groups in total. The Bertz CT molecular complexity index is 912. The van der Waals surface area contributed by atoms with E-state index in [0.29, 0.717) is 12.3 Å². The van der Waals surface area contributed by atoms with Crippen LogP contribution in [-0.2, 0) is 18.3 Å². The molecule has 1 saturated heterocycles. The molecule has 0 saturated carbocycles. The minimum Gasteiger partial charge on any atom is -0.356 e. The van der Waals surface area contributed by atoms with Crippen molar-refractivity contribution in [2.24, 2.45) is 13.0 Å². The molecule has 0 aliphatic carbocycles. The van der Waals surface area contributed by atoms with Crippen LogP contribution in [0, 0.1) is 5.92 Å². The molecule has 0 radical (unpaired) electrons. The topological polar surface area (TPSA) is 75.9 Å². The second-order valence-corrected chi connectivity index (χ2v) is 7.91. The van der Waals surface area contributed by atoms with Gasteiger partial charge in [-0.1, -0.05) is 0 Å². The Morgan fingerprint density at radius 1 is 1.30 bits per heavy atom. The lowest BCUT2D eigenvalue weighted by atomic mass is 9.96. The van der Waals surface area contributed by atoms with Gasteiger partial charge in [-0.3, -0.25) is 9.48 Å². The zero-order valence-corrected chi connectivity index (χ0v) is 16.3. The first-order valence-corrected chi connectivity index (χ1v) is 10.3. The molecule has 7 nitrogen and oxygen atoms in total. The van der Waals surface area contributed by atoms with Gasteiger partial charge < -0.3 is 10.2 Å². The molecule has 0 unspecified atom stereocenters. The summed E-state index contributed by atoms with van der Waals surface area (Å²) in [5.41, 5.74) is 1.09. The summed E-state index contributed by atoms with van der Waals surface area (Å²) in [6, 6.07) is 4.06. The highest BCUT2D eigenvalue weighted by molar-refractivity contribution is 7.16. The second-order valence-electron chi connectivity index (χ2n) is 7.02. The molecular formula is C19H24N6OS. The molecule has 3 aromatic rings. The van der Waals surface area contributed by atoms with Crippen LogP contribution in [0.25, 0.3) is 10.2 Å². The highest BCUT2D eigenvalue weighted by Crippen LogP contribution is 2.29. The average Bonchev–Trinajstić information content (AvgIpc) is 3.33. The molecule has 142 valence electrons. The number of aryl methyl sites for hydroxylation is 2. The second kappa shape index (κ2) is 8.04. The van der Waals surface area contributed by atoms with Gasteiger partial charge >= 0.3 is 0 Å². The average molecular weight is 385 g/mol. The van der Waals surface area contributed by atoms with Gasteiger partial charge in [0.05, 0.1) is 5.39 Å². The summed E-state index contributed by atoms with van der Waals surface area (Å²) in [6.07, 6.45) is 6.79. The maximum Gasteiger partial charge on any atom is 0.220 e. The number of amides is 1. The number of carbonyl (C=O) groups is 1. The lowest BCUT2D eigenvalue weighted by Crippen LogP contribution is -2.39. The van der Waals surface area contributed by atoms with E-state index < -0.39 is 0 Å². The summed E-state index contributed by atoms with van der Waals surface area (Å²) >= 11 is 1.65. The zero-order valence-electron chi connectivity index (χ0n) is 15.5. The van der Waals surface area contributed by atoms with Gasteiger partial charge in [-0.25, -0.2) is 9.97 Å². The number of nitrogens with zero attached hydrogens (tertiary/aromatic N) is 5. The standard InChI is InChI=1S/C19H24N6OS/c1-24-15(4-8-23-24)2-3-17(26)20-12-14-5-9-25(10-6-14)18-16-7-11-27-19(16)22-13-21-18/h4,7-8,11,13-14H,2-3,5-6,9-10,12H2,1H3,(H,20,26).